The van der Waals surface area contributed by atoms with Gasteiger partial charge >= 0.3 is 0 Å². The summed E-state index contributed by atoms with van der Waals surface area (Å²) in [4.78, 5) is 11.7. The molecule has 0 aliphatic carbocycles. The van der Waals surface area contributed by atoms with Crippen LogP contribution in [0.4, 0.5) is 0 Å². The second-order valence-electron chi connectivity index (χ2n) is 4.43. The number of amides is 1. The van der Waals surface area contributed by atoms with Gasteiger partial charge in [-0.1, -0.05) is 30.9 Å². The van der Waals surface area contributed by atoms with Crippen molar-refractivity contribution in [2.75, 3.05) is 19.8 Å². The Kier molecular flexibility index (Phi) is 7.41. The zero-order valence-corrected chi connectivity index (χ0v) is 12.0. The van der Waals surface area contributed by atoms with E-state index < -0.39 is 0 Å². The van der Waals surface area contributed by atoms with E-state index in [2.05, 4.69) is 17.2 Å². The summed E-state index contributed by atoms with van der Waals surface area (Å²) in [6.45, 7) is 4.43. The molecule has 20 heavy (non-hydrogen) atoms. The SMILES string of the molecule is CCCOCC(=O)NC(C)c1cccc(C#CCO)c1. The van der Waals surface area contributed by atoms with Gasteiger partial charge in [-0.05, 0) is 31.0 Å². The highest BCUT2D eigenvalue weighted by molar-refractivity contribution is 5.77. The molecule has 1 rings (SSSR count). The molecule has 1 aromatic rings. The first kappa shape index (κ1) is 16.2. The van der Waals surface area contributed by atoms with Crippen LogP contribution < -0.4 is 5.32 Å². The third kappa shape index (κ3) is 5.87. The van der Waals surface area contributed by atoms with E-state index in [1.807, 2.05) is 38.1 Å². The average Bonchev–Trinajstić information content (AvgIpc) is 2.45. The molecule has 0 saturated heterocycles. The van der Waals surface area contributed by atoms with Crippen molar-refractivity contribution >= 4 is 5.91 Å². The van der Waals surface area contributed by atoms with E-state index in [0.29, 0.717) is 6.61 Å². The second kappa shape index (κ2) is 9.13. The topological polar surface area (TPSA) is 58.6 Å². The van der Waals surface area contributed by atoms with Crippen LogP contribution in [-0.2, 0) is 9.53 Å². The molecular formula is C16H21NO3. The lowest BCUT2D eigenvalue weighted by atomic mass is 10.1. The maximum absolute atomic E-state index is 11.7. The Hall–Kier alpha value is -1.83. The summed E-state index contributed by atoms with van der Waals surface area (Å²) >= 11 is 0. The molecule has 2 N–H and O–H groups in total. The molecule has 1 amide bonds. The zero-order chi connectivity index (χ0) is 14.8. The van der Waals surface area contributed by atoms with Gasteiger partial charge < -0.3 is 15.2 Å². The van der Waals surface area contributed by atoms with Gasteiger partial charge in [-0.2, -0.15) is 0 Å². The van der Waals surface area contributed by atoms with Crippen molar-refractivity contribution in [3.05, 3.63) is 35.4 Å². The summed E-state index contributed by atoms with van der Waals surface area (Å²) in [5.74, 6) is 5.32. The van der Waals surface area contributed by atoms with Gasteiger partial charge in [0.05, 0.1) is 6.04 Å². The van der Waals surface area contributed by atoms with Crippen molar-refractivity contribution in [3.63, 3.8) is 0 Å². The first-order chi connectivity index (χ1) is 9.67. The number of aliphatic hydroxyl groups is 1. The van der Waals surface area contributed by atoms with Crippen LogP contribution in [0, 0.1) is 11.8 Å². The predicted octanol–water partition coefficient (Wildman–Crippen LogP) is 1.63. The highest BCUT2D eigenvalue weighted by Crippen LogP contribution is 2.13. The first-order valence-electron chi connectivity index (χ1n) is 6.74. The second-order valence-corrected chi connectivity index (χ2v) is 4.43. The predicted molar refractivity (Wildman–Crippen MR) is 78.1 cm³/mol. The summed E-state index contributed by atoms with van der Waals surface area (Å²) in [6.07, 6.45) is 0.897. The third-order valence-corrected chi connectivity index (χ3v) is 2.66. The summed E-state index contributed by atoms with van der Waals surface area (Å²) in [5, 5.41) is 11.6. The lowest BCUT2D eigenvalue weighted by Gasteiger charge is -2.14. The summed E-state index contributed by atoms with van der Waals surface area (Å²) in [6, 6.07) is 7.48. The first-order valence-corrected chi connectivity index (χ1v) is 6.74. The molecule has 0 bridgehead atoms. The molecule has 1 atom stereocenters. The fourth-order valence-corrected chi connectivity index (χ4v) is 1.70. The number of nitrogens with one attached hydrogen (secondary N) is 1. The number of aliphatic hydroxyl groups excluding tert-OH is 1. The standard InChI is InChI=1S/C16H21NO3/c1-3-10-20-12-16(19)17-13(2)15-8-4-6-14(11-15)7-5-9-18/h4,6,8,11,13,18H,3,9-10,12H2,1-2H3,(H,17,19). The Morgan fingerprint density at radius 2 is 2.30 bits per heavy atom. The summed E-state index contributed by atoms with van der Waals surface area (Å²) in [5.41, 5.74) is 1.79. The maximum Gasteiger partial charge on any atom is 0.246 e. The van der Waals surface area contributed by atoms with Gasteiger partial charge in [0.15, 0.2) is 0 Å². The molecule has 0 aliphatic rings. The lowest BCUT2D eigenvalue weighted by molar-refractivity contribution is -0.126. The minimum Gasteiger partial charge on any atom is -0.384 e. The number of carbonyl (C=O) groups is 1. The molecule has 0 fully saturated rings. The third-order valence-electron chi connectivity index (χ3n) is 2.66. The fraction of sp³-hybridized carbons (Fsp3) is 0.438. The number of benzene rings is 1. The van der Waals surface area contributed by atoms with Crippen LogP contribution in [0.25, 0.3) is 0 Å². The number of ether oxygens (including phenoxy) is 1. The molecule has 4 nitrogen and oxygen atoms in total. The quantitative estimate of drug-likeness (QED) is 0.613. The average molecular weight is 275 g/mol. The van der Waals surface area contributed by atoms with E-state index in [9.17, 15) is 4.79 Å². The Balaban J connectivity index is 2.58. The van der Waals surface area contributed by atoms with Gasteiger partial charge in [0.1, 0.15) is 13.2 Å². The molecule has 108 valence electrons. The number of rotatable bonds is 6. The fourth-order valence-electron chi connectivity index (χ4n) is 1.70. The van der Waals surface area contributed by atoms with E-state index in [0.717, 1.165) is 17.5 Å². The van der Waals surface area contributed by atoms with Crippen molar-refractivity contribution in [3.8, 4) is 11.8 Å². The van der Waals surface area contributed by atoms with Crippen LogP contribution in [0.3, 0.4) is 0 Å². The van der Waals surface area contributed by atoms with E-state index in [4.69, 9.17) is 9.84 Å². The van der Waals surface area contributed by atoms with Gasteiger partial charge in [0.25, 0.3) is 0 Å². The van der Waals surface area contributed by atoms with Crippen molar-refractivity contribution in [1.82, 2.24) is 5.32 Å². The molecule has 0 aromatic heterocycles. The maximum atomic E-state index is 11.7. The normalized spacial score (nSPS) is 11.3. The monoisotopic (exact) mass is 275 g/mol. The Morgan fingerprint density at radius 3 is 3.00 bits per heavy atom. The highest BCUT2D eigenvalue weighted by Gasteiger charge is 2.09. The molecule has 0 spiro atoms. The summed E-state index contributed by atoms with van der Waals surface area (Å²) in [7, 11) is 0. The van der Waals surface area contributed by atoms with E-state index in [-0.39, 0.29) is 25.2 Å². The van der Waals surface area contributed by atoms with E-state index in [1.54, 1.807) is 0 Å². The van der Waals surface area contributed by atoms with Crippen LogP contribution >= 0.6 is 0 Å². The van der Waals surface area contributed by atoms with Crippen molar-refractivity contribution < 1.29 is 14.6 Å². The van der Waals surface area contributed by atoms with Crippen LogP contribution in [0.2, 0.25) is 0 Å². The van der Waals surface area contributed by atoms with Gasteiger partial charge in [0, 0.05) is 12.2 Å². The Labute approximate surface area is 120 Å². The summed E-state index contributed by atoms with van der Waals surface area (Å²) < 4.78 is 5.20. The van der Waals surface area contributed by atoms with Gasteiger partial charge in [-0.25, -0.2) is 0 Å². The molecule has 1 aromatic carbocycles. The molecule has 0 radical (unpaired) electrons. The number of carbonyl (C=O) groups excluding carboxylic acids is 1. The largest absolute Gasteiger partial charge is 0.384 e. The molecule has 0 aliphatic heterocycles. The minimum atomic E-state index is -0.161. The lowest BCUT2D eigenvalue weighted by Crippen LogP contribution is -2.30. The van der Waals surface area contributed by atoms with Gasteiger partial charge in [-0.15, -0.1) is 0 Å². The zero-order valence-electron chi connectivity index (χ0n) is 12.0. The smallest absolute Gasteiger partial charge is 0.246 e. The van der Waals surface area contributed by atoms with Crippen LogP contribution in [0.5, 0.6) is 0 Å². The molecule has 0 heterocycles. The number of hydrogen-bond donors (Lipinski definition) is 2. The van der Waals surface area contributed by atoms with Crippen molar-refractivity contribution in [2.24, 2.45) is 0 Å². The van der Waals surface area contributed by atoms with Gasteiger partial charge in [-0.3, -0.25) is 4.79 Å². The molecule has 4 heteroatoms. The molecule has 0 saturated carbocycles. The van der Waals surface area contributed by atoms with Crippen molar-refractivity contribution in [2.45, 2.75) is 26.3 Å². The van der Waals surface area contributed by atoms with E-state index >= 15 is 0 Å². The molecule has 1 unspecified atom stereocenters. The minimum absolute atomic E-state index is 0.0855. The van der Waals surface area contributed by atoms with Crippen LogP contribution in [0.1, 0.15) is 37.4 Å². The Bertz CT molecular complexity index is 488. The van der Waals surface area contributed by atoms with Crippen LogP contribution in [0.15, 0.2) is 24.3 Å². The Morgan fingerprint density at radius 1 is 1.50 bits per heavy atom. The van der Waals surface area contributed by atoms with E-state index in [1.165, 1.54) is 0 Å². The van der Waals surface area contributed by atoms with Crippen LogP contribution in [-0.4, -0.2) is 30.8 Å². The number of hydrogen-bond acceptors (Lipinski definition) is 3. The van der Waals surface area contributed by atoms with Crippen molar-refractivity contribution in [1.29, 1.82) is 0 Å². The van der Waals surface area contributed by atoms with Gasteiger partial charge in [0.2, 0.25) is 5.91 Å². The highest BCUT2D eigenvalue weighted by atomic mass is 16.5. The molecular weight excluding hydrogens is 254 g/mol.